The predicted molar refractivity (Wildman–Crippen MR) is 134 cm³/mol. The number of fused-ring (bicyclic) bond motifs is 1. The van der Waals surface area contributed by atoms with Crippen molar-refractivity contribution < 1.29 is 10.3 Å². The summed E-state index contributed by atoms with van der Waals surface area (Å²) >= 11 is 0. The van der Waals surface area contributed by atoms with Crippen molar-refractivity contribution in [1.82, 2.24) is 4.57 Å². The van der Waals surface area contributed by atoms with E-state index in [1.807, 2.05) is 44.2 Å². The van der Waals surface area contributed by atoms with E-state index >= 15 is 0 Å². The van der Waals surface area contributed by atoms with Gasteiger partial charge in [0.15, 0.2) is 11.0 Å². The Morgan fingerprint density at radius 1 is 0.848 bits per heavy atom. The van der Waals surface area contributed by atoms with Gasteiger partial charge in [-0.3, -0.25) is 0 Å². The molecule has 0 saturated heterocycles. The SMILES string of the molecule is [2H]C(C)(C)c1ccccc1-n1c(-c2ccccc2C)[n+](C)c2ccc(-c3ccc(F)cc3)cc21. The minimum Gasteiger partial charge on any atom is -0.225 e. The van der Waals surface area contributed by atoms with Crippen LogP contribution >= 0.6 is 0 Å². The third-order valence-corrected chi connectivity index (χ3v) is 6.35. The van der Waals surface area contributed by atoms with Crippen LogP contribution in [-0.4, -0.2) is 4.57 Å². The lowest BCUT2D eigenvalue weighted by Crippen LogP contribution is -2.30. The van der Waals surface area contributed by atoms with Gasteiger partial charge in [0.25, 0.3) is 5.82 Å². The van der Waals surface area contributed by atoms with Crippen LogP contribution in [0.1, 0.15) is 32.2 Å². The zero-order chi connectivity index (χ0) is 24.0. The maximum absolute atomic E-state index is 13.6. The highest BCUT2D eigenvalue weighted by Gasteiger charge is 2.29. The van der Waals surface area contributed by atoms with E-state index in [9.17, 15) is 4.39 Å². The van der Waals surface area contributed by atoms with Crippen molar-refractivity contribution >= 4 is 11.0 Å². The average molecular weight is 437 g/mol. The van der Waals surface area contributed by atoms with Gasteiger partial charge in [0.05, 0.1) is 12.6 Å². The minimum absolute atomic E-state index is 0.243. The molecule has 1 heterocycles. The van der Waals surface area contributed by atoms with Gasteiger partial charge in [-0.2, -0.15) is 4.57 Å². The van der Waals surface area contributed by atoms with Crippen molar-refractivity contribution in [2.75, 3.05) is 0 Å². The number of nitrogens with zero attached hydrogens (tertiary/aromatic N) is 2. The molecule has 0 N–H and O–H groups in total. The standard InChI is InChI=1S/C30H28FN2/c1-20(2)25-10-7-8-12-27(25)33-29-19-23(22-13-16-24(31)17-14-22)15-18-28(29)32(4)30(33)26-11-6-5-9-21(26)3/h5-20H,1-4H3/q+1/i20D. The lowest BCUT2D eigenvalue weighted by Gasteiger charge is -2.12. The Bertz CT molecular complexity index is 1510. The molecule has 0 spiro atoms. The second-order valence-corrected chi connectivity index (χ2v) is 8.76. The number of rotatable bonds is 4. The number of aryl methyl sites for hydroxylation is 2. The van der Waals surface area contributed by atoms with E-state index in [0.717, 1.165) is 44.8 Å². The van der Waals surface area contributed by atoms with Crippen LogP contribution in [0.5, 0.6) is 0 Å². The Morgan fingerprint density at radius 3 is 2.24 bits per heavy atom. The van der Waals surface area contributed by atoms with Crippen molar-refractivity contribution in [3.8, 4) is 28.2 Å². The maximum atomic E-state index is 13.6. The van der Waals surface area contributed by atoms with Crippen LogP contribution in [0.15, 0.2) is 91.0 Å². The van der Waals surface area contributed by atoms with Gasteiger partial charge >= 0.3 is 0 Å². The van der Waals surface area contributed by atoms with E-state index < -0.39 is 5.89 Å². The molecular formula is C30H28FN2+. The normalized spacial score (nSPS) is 12.2. The Kier molecular flexibility index (Phi) is 5.03. The van der Waals surface area contributed by atoms with Crippen molar-refractivity contribution in [3.05, 3.63) is 108 Å². The number of imidazole rings is 1. The molecule has 1 aromatic heterocycles. The molecule has 0 amide bonds. The lowest BCUT2D eigenvalue weighted by molar-refractivity contribution is -0.633. The molecule has 0 atom stereocenters. The van der Waals surface area contributed by atoms with E-state index in [2.05, 4.69) is 71.6 Å². The van der Waals surface area contributed by atoms with E-state index in [-0.39, 0.29) is 5.82 Å². The Hall–Kier alpha value is -3.72. The molecule has 0 bridgehead atoms. The number of aromatic nitrogens is 2. The van der Waals surface area contributed by atoms with Crippen LogP contribution in [0.25, 0.3) is 39.2 Å². The van der Waals surface area contributed by atoms with Gasteiger partial charge in [-0.05, 0) is 72.0 Å². The predicted octanol–water partition coefficient (Wildman–Crippen LogP) is 7.36. The topological polar surface area (TPSA) is 8.81 Å². The van der Waals surface area contributed by atoms with Gasteiger partial charge in [-0.25, -0.2) is 8.96 Å². The molecule has 0 aliphatic heterocycles. The minimum atomic E-state index is -0.774. The zero-order valence-electron chi connectivity index (χ0n) is 20.4. The molecule has 0 aliphatic rings. The molecule has 2 nitrogen and oxygen atoms in total. The Balaban J connectivity index is 1.90. The molecular weight excluding hydrogens is 407 g/mol. The highest BCUT2D eigenvalue weighted by Crippen LogP contribution is 2.34. The van der Waals surface area contributed by atoms with E-state index in [1.54, 1.807) is 0 Å². The van der Waals surface area contributed by atoms with Crippen molar-refractivity contribution in [1.29, 1.82) is 0 Å². The Labute approximate surface area is 196 Å². The summed E-state index contributed by atoms with van der Waals surface area (Å²) in [6, 6.07) is 29.5. The lowest BCUT2D eigenvalue weighted by atomic mass is 10.00. The monoisotopic (exact) mass is 436 g/mol. The second kappa shape index (κ2) is 8.32. The van der Waals surface area contributed by atoms with Crippen LogP contribution in [0.3, 0.4) is 0 Å². The van der Waals surface area contributed by atoms with Crippen molar-refractivity contribution in [2.24, 2.45) is 7.05 Å². The number of halogens is 1. The van der Waals surface area contributed by atoms with Crippen LogP contribution in [0.2, 0.25) is 0 Å². The molecule has 5 aromatic rings. The molecule has 33 heavy (non-hydrogen) atoms. The Morgan fingerprint density at radius 2 is 1.52 bits per heavy atom. The summed E-state index contributed by atoms with van der Waals surface area (Å²) in [5, 5.41) is 0. The fraction of sp³-hybridized carbons (Fsp3) is 0.167. The molecule has 0 unspecified atom stereocenters. The van der Waals surface area contributed by atoms with E-state index in [4.69, 9.17) is 1.37 Å². The van der Waals surface area contributed by atoms with E-state index in [0.29, 0.717) is 0 Å². The number of para-hydroxylation sites is 1. The smallest absolute Gasteiger partial charge is 0.225 e. The molecule has 5 rings (SSSR count). The summed E-state index contributed by atoms with van der Waals surface area (Å²) in [6.07, 6.45) is 0. The highest BCUT2D eigenvalue weighted by atomic mass is 19.1. The first-order valence-electron chi connectivity index (χ1n) is 11.7. The van der Waals surface area contributed by atoms with E-state index in [1.165, 1.54) is 17.7 Å². The fourth-order valence-corrected chi connectivity index (χ4v) is 4.65. The van der Waals surface area contributed by atoms with Gasteiger partial charge in [0.2, 0.25) is 0 Å². The van der Waals surface area contributed by atoms with Crippen LogP contribution < -0.4 is 4.57 Å². The van der Waals surface area contributed by atoms with Gasteiger partial charge in [-0.15, -0.1) is 0 Å². The largest absolute Gasteiger partial charge is 0.295 e. The summed E-state index contributed by atoms with van der Waals surface area (Å²) in [7, 11) is 2.09. The van der Waals surface area contributed by atoms with Gasteiger partial charge in [-0.1, -0.05) is 62.4 Å². The van der Waals surface area contributed by atoms with Gasteiger partial charge < -0.3 is 0 Å². The maximum Gasteiger partial charge on any atom is 0.295 e. The first kappa shape index (κ1) is 19.9. The molecule has 0 saturated carbocycles. The zero-order valence-corrected chi connectivity index (χ0v) is 19.4. The highest BCUT2D eigenvalue weighted by molar-refractivity contribution is 5.85. The number of benzene rings is 4. The quantitative estimate of drug-likeness (QED) is 0.260. The number of hydrogen-bond donors (Lipinski definition) is 0. The molecule has 4 aromatic carbocycles. The summed E-state index contributed by atoms with van der Waals surface area (Å²) in [5.74, 6) is 0.0395. The number of hydrogen-bond acceptors (Lipinski definition) is 0. The summed E-state index contributed by atoms with van der Waals surface area (Å²) in [4.78, 5) is 0. The average Bonchev–Trinajstić information content (AvgIpc) is 3.11. The molecule has 0 fully saturated rings. The summed E-state index contributed by atoms with van der Waals surface area (Å²) < 4.78 is 26.9. The van der Waals surface area contributed by atoms with Crippen LogP contribution in [0, 0.1) is 12.7 Å². The van der Waals surface area contributed by atoms with Crippen LogP contribution in [0.4, 0.5) is 4.39 Å². The molecule has 3 heteroatoms. The second-order valence-electron chi connectivity index (χ2n) is 8.76. The first-order chi connectivity index (χ1) is 16.3. The van der Waals surface area contributed by atoms with Crippen molar-refractivity contribution in [3.63, 3.8) is 0 Å². The van der Waals surface area contributed by atoms with Crippen LogP contribution in [-0.2, 0) is 7.05 Å². The third kappa shape index (κ3) is 3.64. The summed E-state index contributed by atoms with van der Waals surface area (Å²) in [5.41, 5.74) is 8.37. The van der Waals surface area contributed by atoms with Crippen molar-refractivity contribution in [2.45, 2.75) is 26.7 Å². The molecule has 164 valence electrons. The summed E-state index contributed by atoms with van der Waals surface area (Å²) in [6.45, 7) is 5.98. The molecule has 0 aliphatic carbocycles. The first-order valence-corrected chi connectivity index (χ1v) is 11.2. The van der Waals surface area contributed by atoms with Gasteiger partial charge in [0.1, 0.15) is 11.5 Å². The van der Waals surface area contributed by atoms with Gasteiger partial charge in [0, 0.05) is 6.93 Å². The third-order valence-electron chi connectivity index (χ3n) is 6.35. The molecule has 0 radical (unpaired) electrons. The fourth-order valence-electron chi connectivity index (χ4n) is 4.65.